The number of rotatable bonds is 13. The van der Waals surface area contributed by atoms with E-state index in [1.807, 2.05) is 0 Å². The number of hydrogen-bond acceptors (Lipinski definition) is 5. The van der Waals surface area contributed by atoms with E-state index in [-0.39, 0.29) is 36.6 Å². The van der Waals surface area contributed by atoms with Crippen LogP contribution in [0.3, 0.4) is 0 Å². The van der Waals surface area contributed by atoms with E-state index < -0.39 is 18.2 Å². The molecule has 0 aliphatic heterocycles. The number of Topliss-reactive ketones (excluding diaryl/α,β-unsaturated/α-hetero) is 1. The number of carboxylic acids is 1. The summed E-state index contributed by atoms with van der Waals surface area (Å²) >= 11 is 0. The van der Waals surface area contributed by atoms with Crippen LogP contribution in [-0.2, 0) is 9.59 Å². The van der Waals surface area contributed by atoms with E-state index in [0.29, 0.717) is 25.7 Å². The molecule has 0 saturated heterocycles. The minimum atomic E-state index is -0.781. The molecule has 0 aromatic carbocycles. The molecule has 0 aromatic heterocycles. The van der Waals surface area contributed by atoms with Crippen LogP contribution in [0.25, 0.3) is 0 Å². The average molecular weight is 370 g/mol. The molecule has 5 atom stereocenters. The quantitative estimate of drug-likeness (QED) is 0.292. The molecule has 0 heterocycles. The van der Waals surface area contributed by atoms with Crippen molar-refractivity contribution in [2.75, 3.05) is 0 Å². The Morgan fingerprint density at radius 3 is 2.50 bits per heavy atom. The maximum Gasteiger partial charge on any atom is 0.303 e. The third-order valence-corrected chi connectivity index (χ3v) is 5.07. The van der Waals surface area contributed by atoms with Crippen LogP contribution in [0, 0.1) is 11.8 Å². The number of unbranched alkanes of at least 4 members (excludes halogenated alkanes) is 3. The molecule has 0 bridgehead atoms. The molecule has 6 nitrogen and oxygen atoms in total. The highest BCUT2D eigenvalue weighted by Gasteiger charge is 2.39. The van der Waals surface area contributed by atoms with E-state index in [2.05, 4.69) is 0 Å². The molecule has 0 radical (unpaired) electrons. The molecule has 150 valence electrons. The maximum atomic E-state index is 12.1. The first-order valence-electron chi connectivity index (χ1n) is 9.78. The van der Waals surface area contributed by atoms with E-state index in [1.165, 1.54) is 0 Å². The first-order chi connectivity index (χ1) is 12.3. The third kappa shape index (κ3) is 8.92. The number of ketones is 1. The lowest BCUT2D eigenvalue weighted by molar-refractivity contribution is -0.137. The molecule has 0 spiro atoms. The van der Waals surface area contributed by atoms with Crippen LogP contribution in [0.4, 0.5) is 0 Å². The van der Waals surface area contributed by atoms with Gasteiger partial charge in [-0.05, 0) is 39.0 Å². The van der Waals surface area contributed by atoms with Gasteiger partial charge in [0, 0.05) is 24.7 Å². The lowest BCUT2D eigenvalue weighted by atomic mass is 9.88. The summed E-state index contributed by atoms with van der Waals surface area (Å²) in [5, 5.41) is 38.0. The van der Waals surface area contributed by atoms with E-state index in [4.69, 9.17) is 5.11 Å². The molecule has 6 heteroatoms. The fourth-order valence-electron chi connectivity index (χ4n) is 3.56. The van der Waals surface area contributed by atoms with Crippen LogP contribution < -0.4 is 0 Å². The molecule has 26 heavy (non-hydrogen) atoms. The molecule has 0 aromatic rings. The number of aliphatic carboxylic acids is 1. The average Bonchev–Trinajstić information content (AvgIpc) is 2.81. The van der Waals surface area contributed by atoms with Crippen molar-refractivity contribution in [3.8, 4) is 0 Å². The first-order valence-corrected chi connectivity index (χ1v) is 9.78. The fourth-order valence-corrected chi connectivity index (χ4v) is 3.56. The highest BCUT2D eigenvalue weighted by atomic mass is 16.4. The predicted molar refractivity (Wildman–Crippen MR) is 98.6 cm³/mol. The summed E-state index contributed by atoms with van der Waals surface area (Å²) in [4.78, 5) is 22.6. The normalized spacial score (nSPS) is 25.7. The van der Waals surface area contributed by atoms with Crippen LogP contribution in [0.1, 0.15) is 71.1 Å². The van der Waals surface area contributed by atoms with Crippen molar-refractivity contribution < 1.29 is 30.0 Å². The maximum absolute atomic E-state index is 12.1. The Morgan fingerprint density at radius 1 is 1.15 bits per heavy atom. The van der Waals surface area contributed by atoms with Gasteiger partial charge in [0.1, 0.15) is 5.78 Å². The van der Waals surface area contributed by atoms with Gasteiger partial charge in [-0.25, -0.2) is 0 Å². The van der Waals surface area contributed by atoms with Crippen LogP contribution in [0.5, 0.6) is 0 Å². The van der Waals surface area contributed by atoms with Crippen molar-refractivity contribution in [3.05, 3.63) is 12.2 Å². The number of aliphatic hydroxyl groups excluding tert-OH is 3. The Hall–Kier alpha value is -1.24. The van der Waals surface area contributed by atoms with Gasteiger partial charge in [0.25, 0.3) is 0 Å². The largest absolute Gasteiger partial charge is 0.481 e. The van der Waals surface area contributed by atoms with E-state index in [9.17, 15) is 24.9 Å². The zero-order chi connectivity index (χ0) is 19.5. The van der Waals surface area contributed by atoms with Gasteiger partial charge in [-0.1, -0.05) is 31.4 Å². The SMILES string of the molecule is C[C@@H](O)CCC[C@@H](O)/C=C/[C@H]1[C@H](O)CC(=O)[C@@H]1CCCCCCC(=O)O. The van der Waals surface area contributed by atoms with Crippen molar-refractivity contribution in [1.29, 1.82) is 0 Å². The molecule has 0 unspecified atom stereocenters. The van der Waals surface area contributed by atoms with Gasteiger partial charge in [-0.3, -0.25) is 9.59 Å². The highest BCUT2D eigenvalue weighted by molar-refractivity contribution is 5.84. The zero-order valence-electron chi connectivity index (χ0n) is 15.7. The zero-order valence-corrected chi connectivity index (χ0v) is 15.7. The van der Waals surface area contributed by atoms with Gasteiger partial charge in [0.05, 0.1) is 18.3 Å². The smallest absolute Gasteiger partial charge is 0.303 e. The summed E-state index contributed by atoms with van der Waals surface area (Å²) in [6.45, 7) is 1.72. The standard InChI is InChI=1S/C20H34O6/c1-14(21)7-6-8-15(22)11-12-17-16(18(23)13-19(17)24)9-4-2-3-5-10-20(25)26/h11-12,14-17,19,21-22,24H,2-10,13H2,1H3,(H,25,26)/b12-11+/t14-,15-,16-,17-,19-/m1/s1. The summed E-state index contributed by atoms with van der Waals surface area (Å²) in [7, 11) is 0. The Bertz CT molecular complexity index is 459. The molecule has 4 N–H and O–H groups in total. The fraction of sp³-hybridized carbons (Fsp3) is 0.800. The van der Waals surface area contributed by atoms with Crippen molar-refractivity contribution in [2.24, 2.45) is 11.8 Å². The van der Waals surface area contributed by atoms with E-state index in [1.54, 1.807) is 19.1 Å². The number of carboxylic acid groups (broad SMARTS) is 1. The van der Waals surface area contributed by atoms with Crippen LogP contribution in [-0.4, -0.2) is 50.5 Å². The predicted octanol–water partition coefficient (Wildman–Crippen LogP) is 2.45. The lowest BCUT2D eigenvalue weighted by Gasteiger charge is -2.18. The molecule has 1 saturated carbocycles. The Balaban J connectivity index is 2.39. The molecule has 0 amide bonds. The van der Waals surface area contributed by atoms with Gasteiger partial charge in [0.2, 0.25) is 0 Å². The second kappa shape index (κ2) is 12.2. The minimum Gasteiger partial charge on any atom is -0.481 e. The topological polar surface area (TPSA) is 115 Å². The van der Waals surface area contributed by atoms with Gasteiger partial charge >= 0.3 is 5.97 Å². The van der Waals surface area contributed by atoms with Crippen LogP contribution in [0.15, 0.2) is 12.2 Å². The first kappa shape index (κ1) is 22.8. The molecular weight excluding hydrogens is 336 g/mol. The van der Waals surface area contributed by atoms with Gasteiger partial charge in [-0.2, -0.15) is 0 Å². The number of hydrogen-bond donors (Lipinski definition) is 4. The molecular formula is C20H34O6. The second-order valence-corrected chi connectivity index (χ2v) is 7.50. The Kier molecular flexibility index (Phi) is 10.7. The van der Waals surface area contributed by atoms with Crippen molar-refractivity contribution in [1.82, 2.24) is 0 Å². The summed E-state index contributed by atoms with van der Waals surface area (Å²) < 4.78 is 0. The number of aliphatic hydroxyl groups is 3. The van der Waals surface area contributed by atoms with Crippen LogP contribution >= 0.6 is 0 Å². The van der Waals surface area contributed by atoms with E-state index in [0.717, 1.165) is 25.7 Å². The summed E-state index contributed by atoms with van der Waals surface area (Å²) in [5.74, 6) is -1.18. The van der Waals surface area contributed by atoms with Crippen molar-refractivity contribution in [3.63, 3.8) is 0 Å². The summed E-state index contributed by atoms with van der Waals surface area (Å²) in [6.07, 6.45) is 7.88. The number of carbonyl (C=O) groups excluding carboxylic acids is 1. The molecule has 1 aliphatic rings. The second-order valence-electron chi connectivity index (χ2n) is 7.50. The molecule has 1 fully saturated rings. The molecule has 1 aliphatic carbocycles. The monoisotopic (exact) mass is 370 g/mol. The lowest BCUT2D eigenvalue weighted by Crippen LogP contribution is -2.19. The van der Waals surface area contributed by atoms with E-state index >= 15 is 0 Å². The highest BCUT2D eigenvalue weighted by Crippen LogP contribution is 2.34. The Morgan fingerprint density at radius 2 is 1.85 bits per heavy atom. The van der Waals surface area contributed by atoms with Crippen LogP contribution in [0.2, 0.25) is 0 Å². The summed E-state index contributed by atoms with van der Waals surface area (Å²) in [5.41, 5.74) is 0. The third-order valence-electron chi connectivity index (χ3n) is 5.07. The van der Waals surface area contributed by atoms with Crippen molar-refractivity contribution >= 4 is 11.8 Å². The van der Waals surface area contributed by atoms with Gasteiger partial charge in [0.15, 0.2) is 0 Å². The van der Waals surface area contributed by atoms with Gasteiger partial charge in [-0.15, -0.1) is 0 Å². The summed E-state index contributed by atoms with van der Waals surface area (Å²) in [6, 6.07) is 0. The number of carbonyl (C=O) groups is 2. The van der Waals surface area contributed by atoms with Gasteiger partial charge < -0.3 is 20.4 Å². The Labute approximate surface area is 155 Å². The van der Waals surface area contributed by atoms with Crippen molar-refractivity contribution in [2.45, 2.75) is 89.4 Å². The minimum absolute atomic E-state index is 0.0706. The molecule has 1 rings (SSSR count).